The number of carbonyl (C=O) groups excluding carboxylic acids is 1. The summed E-state index contributed by atoms with van der Waals surface area (Å²) in [4.78, 5) is 16.0. The fourth-order valence-corrected chi connectivity index (χ4v) is 1.86. The van der Waals surface area contributed by atoms with E-state index in [1.54, 1.807) is 0 Å². The first-order valence-electron chi connectivity index (χ1n) is 5.77. The van der Waals surface area contributed by atoms with Gasteiger partial charge in [-0.25, -0.2) is 4.98 Å². The Morgan fingerprint density at radius 2 is 2.05 bits per heavy atom. The van der Waals surface area contributed by atoms with Crippen LogP contribution in [-0.2, 0) is 0 Å². The number of nitrogens with one attached hydrogen (secondary N) is 1. The quantitative estimate of drug-likeness (QED) is 0.827. The van der Waals surface area contributed by atoms with E-state index in [9.17, 15) is 4.79 Å². The van der Waals surface area contributed by atoms with Crippen molar-refractivity contribution < 1.29 is 4.79 Å². The van der Waals surface area contributed by atoms with Gasteiger partial charge in [0.25, 0.3) is 5.91 Å². The maximum Gasteiger partial charge on any atom is 0.257 e. The minimum Gasteiger partial charge on any atom is -0.397 e. The highest BCUT2D eigenvalue weighted by Crippen LogP contribution is 2.20. The van der Waals surface area contributed by atoms with Crippen molar-refractivity contribution >= 4 is 28.9 Å². The lowest BCUT2D eigenvalue weighted by Crippen LogP contribution is -2.15. The number of hydrogen-bond acceptors (Lipinski definition) is 3. The molecule has 1 aromatic carbocycles. The minimum atomic E-state index is -0.296. The first kappa shape index (κ1) is 13.4. The number of aryl methyl sites for hydroxylation is 2. The minimum absolute atomic E-state index is 0.236. The number of anilines is 2. The van der Waals surface area contributed by atoms with E-state index in [0.717, 1.165) is 16.8 Å². The number of hydrogen-bond donors (Lipinski definition) is 2. The summed E-state index contributed by atoms with van der Waals surface area (Å²) in [5, 5.41) is 3.07. The van der Waals surface area contributed by atoms with Gasteiger partial charge in [0.05, 0.1) is 17.4 Å². The maximum absolute atomic E-state index is 12.2. The molecule has 0 aliphatic heterocycles. The maximum atomic E-state index is 12.2. The molecule has 2 aromatic rings. The van der Waals surface area contributed by atoms with Gasteiger partial charge in [0.15, 0.2) is 0 Å². The average Bonchev–Trinajstić information content (AvgIpc) is 2.36. The first-order chi connectivity index (χ1) is 8.97. The van der Waals surface area contributed by atoms with Crippen LogP contribution in [-0.4, -0.2) is 10.9 Å². The van der Waals surface area contributed by atoms with Crippen molar-refractivity contribution in [3.05, 3.63) is 52.3 Å². The van der Waals surface area contributed by atoms with E-state index in [1.165, 1.54) is 12.3 Å². The van der Waals surface area contributed by atoms with Crippen LogP contribution in [0.25, 0.3) is 0 Å². The molecule has 0 unspecified atom stereocenters. The Kier molecular flexibility index (Phi) is 3.71. The van der Waals surface area contributed by atoms with Crippen molar-refractivity contribution in [1.82, 2.24) is 4.98 Å². The molecule has 0 atom stereocenters. The zero-order chi connectivity index (χ0) is 14.0. The predicted octanol–water partition coefficient (Wildman–Crippen LogP) is 3.19. The molecule has 0 fully saturated rings. The van der Waals surface area contributed by atoms with Crippen molar-refractivity contribution in [1.29, 1.82) is 0 Å². The summed E-state index contributed by atoms with van der Waals surface area (Å²) >= 11 is 5.77. The summed E-state index contributed by atoms with van der Waals surface area (Å²) in [7, 11) is 0. The number of nitrogens with two attached hydrogens (primary N) is 1. The second kappa shape index (κ2) is 5.28. The average molecular weight is 276 g/mol. The molecule has 0 saturated heterocycles. The lowest BCUT2D eigenvalue weighted by molar-refractivity contribution is 0.102. The van der Waals surface area contributed by atoms with Crippen LogP contribution in [0.2, 0.25) is 5.15 Å². The Hall–Kier alpha value is -2.07. The fraction of sp³-hybridized carbons (Fsp3) is 0.143. The van der Waals surface area contributed by atoms with Crippen molar-refractivity contribution in [2.75, 3.05) is 11.1 Å². The second-order valence-corrected chi connectivity index (χ2v) is 4.75. The lowest BCUT2D eigenvalue weighted by Gasteiger charge is -2.10. The van der Waals surface area contributed by atoms with E-state index in [-0.39, 0.29) is 11.1 Å². The normalized spacial score (nSPS) is 10.3. The number of pyridine rings is 1. The van der Waals surface area contributed by atoms with Crippen LogP contribution in [0.4, 0.5) is 11.4 Å². The highest BCUT2D eigenvalue weighted by atomic mass is 35.5. The van der Waals surface area contributed by atoms with Crippen molar-refractivity contribution in [2.24, 2.45) is 0 Å². The molecule has 4 nitrogen and oxygen atoms in total. The molecule has 0 saturated carbocycles. The number of nitrogens with zero attached hydrogens (tertiary/aromatic N) is 1. The van der Waals surface area contributed by atoms with Crippen LogP contribution >= 0.6 is 11.6 Å². The van der Waals surface area contributed by atoms with E-state index < -0.39 is 0 Å². The third kappa shape index (κ3) is 3.03. The van der Waals surface area contributed by atoms with E-state index >= 15 is 0 Å². The van der Waals surface area contributed by atoms with Gasteiger partial charge in [-0.1, -0.05) is 23.7 Å². The van der Waals surface area contributed by atoms with Gasteiger partial charge in [-0.2, -0.15) is 0 Å². The van der Waals surface area contributed by atoms with Gasteiger partial charge < -0.3 is 11.1 Å². The van der Waals surface area contributed by atoms with Gasteiger partial charge in [0.2, 0.25) is 0 Å². The summed E-state index contributed by atoms with van der Waals surface area (Å²) in [5.41, 5.74) is 9.16. The van der Waals surface area contributed by atoms with Crippen LogP contribution < -0.4 is 11.1 Å². The van der Waals surface area contributed by atoms with E-state index in [4.69, 9.17) is 17.3 Å². The number of benzene rings is 1. The van der Waals surface area contributed by atoms with Gasteiger partial charge in [0.1, 0.15) is 5.15 Å². The topological polar surface area (TPSA) is 68.0 Å². The molecule has 0 aliphatic carbocycles. The predicted molar refractivity (Wildman–Crippen MR) is 77.5 cm³/mol. The fourth-order valence-electron chi connectivity index (χ4n) is 1.70. The molecule has 0 spiro atoms. The van der Waals surface area contributed by atoms with Gasteiger partial charge in [-0.3, -0.25) is 4.79 Å². The zero-order valence-electron chi connectivity index (χ0n) is 10.7. The highest BCUT2D eigenvalue weighted by Gasteiger charge is 2.12. The summed E-state index contributed by atoms with van der Waals surface area (Å²) in [6, 6.07) is 7.31. The van der Waals surface area contributed by atoms with Crippen LogP contribution in [0.15, 0.2) is 30.5 Å². The zero-order valence-corrected chi connectivity index (χ0v) is 11.5. The van der Waals surface area contributed by atoms with Gasteiger partial charge in [-0.15, -0.1) is 0 Å². The molecule has 1 aromatic heterocycles. The van der Waals surface area contributed by atoms with Crippen molar-refractivity contribution in [2.45, 2.75) is 13.8 Å². The van der Waals surface area contributed by atoms with Crippen LogP contribution in [0.1, 0.15) is 21.5 Å². The monoisotopic (exact) mass is 275 g/mol. The first-order valence-corrected chi connectivity index (χ1v) is 6.15. The van der Waals surface area contributed by atoms with E-state index in [2.05, 4.69) is 10.3 Å². The number of carbonyl (C=O) groups is 1. The van der Waals surface area contributed by atoms with E-state index in [1.807, 2.05) is 32.0 Å². The molecule has 1 heterocycles. The molecular formula is C14H14ClN3O. The summed E-state index contributed by atoms with van der Waals surface area (Å²) in [5.74, 6) is -0.296. The molecule has 0 aliphatic rings. The number of amides is 1. The smallest absolute Gasteiger partial charge is 0.257 e. The molecule has 0 bridgehead atoms. The SMILES string of the molecule is Cc1ccc(C)c(NC(=O)c2cc(Cl)ncc2N)c1. The Morgan fingerprint density at radius 1 is 1.32 bits per heavy atom. The summed E-state index contributed by atoms with van der Waals surface area (Å²) in [6.45, 7) is 3.89. The molecule has 5 heteroatoms. The summed E-state index contributed by atoms with van der Waals surface area (Å²) in [6.07, 6.45) is 1.38. The molecule has 98 valence electrons. The number of rotatable bonds is 2. The standard InChI is InChI=1S/C14H14ClN3O/c1-8-3-4-9(2)12(5-8)18-14(19)10-6-13(15)17-7-11(10)16/h3-7H,16H2,1-2H3,(H,18,19). The van der Waals surface area contributed by atoms with Gasteiger partial charge in [0, 0.05) is 5.69 Å². The third-order valence-corrected chi connectivity index (χ3v) is 2.99. The second-order valence-electron chi connectivity index (χ2n) is 4.37. The largest absolute Gasteiger partial charge is 0.397 e. The molecule has 19 heavy (non-hydrogen) atoms. The van der Waals surface area contributed by atoms with Crippen molar-refractivity contribution in [3.8, 4) is 0 Å². The van der Waals surface area contributed by atoms with Crippen molar-refractivity contribution in [3.63, 3.8) is 0 Å². The lowest BCUT2D eigenvalue weighted by atomic mass is 10.1. The number of halogens is 1. The van der Waals surface area contributed by atoms with Gasteiger partial charge >= 0.3 is 0 Å². The summed E-state index contributed by atoms with van der Waals surface area (Å²) < 4.78 is 0. The Balaban J connectivity index is 2.30. The molecule has 3 N–H and O–H groups in total. The van der Waals surface area contributed by atoms with Crippen LogP contribution in [0.5, 0.6) is 0 Å². The Morgan fingerprint density at radius 3 is 2.79 bits per heavy atom. The third-order valence-electron chi connectivity index (χ3n) is 2.79. The van der Waals surface area contributed by atoms with Gasteiger partial charge in [-0.05, 0) is 37.1 Å². The van der Waals surface area contributed by atoms with Crippen LogP contribution in [0, 0.1) is 13.8 Å². The highest BCUT2D eigenvalue weighted by molar-refractivity contribution is 6.30. The number of aromatic nitrogens is 1. The Bertz CT molecular complexity index is 641. The van der Waals surface area contributed by atoms with Crippen LogP contribution in [0.3, 0.4) is 0 Å². The molecule has 2 rings (SSSR count). The Labute approximate surface area is 116 Å². The molecular weight excluding hydrogens is 262 g/mol. The molecule has 0 radical (unpaired) electrons. The van der Waals surface area contributed by atoms with E-state index in [0.29, 0.717) is 11.3 Å². The number of nitrogen functional groups attached to an aromatic ring is 1. The molecule has 1 amide bonds.